The second kappa shape index (κ2) is 8.63. The zero-order valence-electron chi connectivity index (χ0n) is 16.0. The molecule has 0 bridgehead atoms. The lowest BCUT2D eigenvalue weighted by Gasteiger charge is -2.23. The van der Waals surface area contributed by atoms with E-state index in [0.717, 1.165) is 11.1 Å². The van der Waals surface area contributed by atoms with Crippen molar-refractivity contribution in [2.24, 2.45) is 0 Å². The Morgan fingerprint density at radius 2 is 2.04 bits per heavy atom. The van der Waals surface area contributed by atoms with Gasteiger partial charge in [0.2, 0.25) is 0 Å². The molecule has 0 saturated carbocycles. The number of aryl methyl sites for hydroxylation is 1. The number of hydrogen-bond donors (Lipinski definition) is 1. The summed E-state index contributed by atoms with van der Waals surface area (Å²) in [6, 6.07) is 11.0. The molecule has 1 amide bonds. The van der Waals surface area contributed by atoms with Gasteiger partial charge in [-0.15, -0.1) is 0 Å². The molecule has 1 aliphatic heterocycles. The van der Waals surface area contributed by atoms with Crippen LogP contribution in [0.2, 0.25) is 5.02 Å². The molecule has 1 N–H and O–H groups in total. The van der Waals surface area contributed by atoms with Crippen molar-refractivity contribution in [1.82, 2.24) is 0 Å². The maximum Gasteiger partial charge on any atom is 0.308 e. The quantitative estimate of drug-likeness (QED) is 0.763. The molecule has 148 valence electrons. The second-order valence-electron chi connectivity index (χ2n) is 6.46. The van der Waals surface area contributed by atoms with Gasteiger partial charge in [-0.3, -0.25) is 9.59 Å². The minimum Gasteiger partial charge on any atom is -0.495 e. The van der Waals surface area contributed by atoms with E-state index in [1.165, 1.54) is 7.11 Å². The minimum atomic E-state index is -1.01. The number of amides is 1. The van der Waals surface area contributed by atoms with E-state index in [1.54, 1.807) is 19.1 Å². The topological polar surface area (TPSA) is 73.9 Å². The number of fused-ring (bicyclic) bond motifs is 1. The molecule has 1 heterocycles. The molecule has 0 spiro atoms. The number of carbonyl (C=O) groups is 2. The maximum absolute atomic E-state index is 12.7. The van der Waals surface area contributed by atoms with Gasteiger partial charge in [-0.25, -0.2) is 0 Å². The van der Waals surface area contributed by atoms with Gasteiger partial charge in [0.25, 0.3) is 5.91 Å². The van der Waals surface area contributed by atoms with Gasteiger partial charge in [0, 0.05) is 16.8 Å². The summed E-state index contributed by atoms with van der Waals surface area (Å²) in [5, 5.41) is 3.24. The van der Waals surface area contributed by atoms with E-state index >= 15 is 0 Å². The van der Waals surface area contributed by atoms with Gasteiger partial charge in [0.15, 0.2) is 0 Å². The van der Waals surface area contributed by atoms with Crippen LogP contribution in [0.4, 0.5) is 5.69 Å². The number of halogens is 1. The summed E-state index contributed by atoms with van der Waals surface area (Å²) in [7, 11) is 1.53. The Labute approximate surface area is 168 Å². The SMILES string of the molecule is CCOC(=O)C[C@H]1O[C@H](c2cccc(OC)c2Cl)c2cc(C)ccc2NC1=O. The maximum atomic E-state index is 12.7. The Hall–Kier alpha value is -2.57. The lowest BCUT2D eigenvalue weighted by atomic mass is 9.97. The lowest BCUT2D eigenvalue weighted by molar-refractivity contribution is -0.150. The Morgan fingerprint density at radius 3 is 2.75 bits per heavy atom. The van der Waals surface area contributed by atoms with Gasteiger partial charge in [-0.1, -0.05) is 41.4 Å². The van der Waals surface area contributed by atoms with Crippen LogP contribution in [-0.4, -0.2) is 31.7 Å². The molecule has 3 rings (SSSR count). The molecule has 0 aromatic heterocycles. The van der Waals surface area contributed by atoms with Crippen molar-refractivity contribution >= 4 is 29.2 Å². The smallest absolute Gasteiger partial charge is 0.308 e. The number of methoxy groups -OCH3 is 1. The molecule has 2 atom stereocenters. The number of esters is 1. The van der Waals surface area contributed by atoms with Crippen molar-refractivity contribution in [3.63, 3.8) is 0 Å². The van der Waals surface area contributed by atoms with E-state index in [1.807, 2.05) is 31.2 Å². The number of anilines is 1. The minimum absolute atomic E-state index is 0.190. The predicted molar refractivity (Wildman–Crippen MR) is 106 cm³/mol. The molecule has 7 heteroatoms. The van der Waals surface area contributed by atoms with Crippen molar-refractivity contribution in [1.29, 1.82) is 0 Å². The van der Waals surface area contributed by atoms with Gasteiger partial charge >= 0.3 is 5.97 Å². The van der Waals surface area contributed by atoms with Crippen LogP contribution in [0.1, 0.15) is 36.1 Å². The molecule has 0 radical (unpaired) electrons. The molecule has 2 aromatic carbocycles. The number of ether oxygens (including phenoxy) is 3. The third-order valence-electron chi connectivity index (χ3n) is 4.49. The summed E-state index contributed by atoms with van der Waals surface area (Å²) in [6.07, 6.45) is -1.86. The summed E-state index contributed by atoms with van der Waals surface area (Å²) < 4.78 is 16.4. The number of benzene rings is 2. The molecule has 0 fully saturated rings. The van der Waals surface area contributed by atoms with E-state index in [2.05, 4.69) is 5.32 Å². The van der Waals surface area contributed by atoms with Crippen LogP contribution in [0, 0.1) is 6.92 Å². The number of carbonyl (C=O) groups excluding carboxylic acids is 2. The lowest BCUT2D eigenvalue weighted by Crippen LogP contribution is -2.32. The molecule has 0 unspecified atom stereocenters. The van der Waals surface area contributed by atoms with Crippen molar-refractivity contribution in [3.05, 3.63) is 58.1 Å². The van der Waals surface area contributed by atoms with Gasteiger partial charge in [0.05, 0.1) is 25.2 Å². The first-order valence-corrected chi connectivity index (χ1v) is 9.37. The van der Waals surface area contributed by atoms with Crippen molar-refractivity contribution in [2.75, 3.05) is 19.0 Å². The van der Waals surface area contributed by atoms with E-state index < -0.39 is 24.1 Å². The van der Waals surface area contributed by atoms with Crippen molar-refractivity contribution in [3.8, 4) is 5.75 Å². The highest BCUT2D eigenvalue weighted by Gasteiger charge is 2.34. The fourth-order valence-electron chi connectivity index (χ4n) is 3.17. The van der Waals surface area contributed by atoms with Crippen LogP contribution in [0.25, 0.3) is 0 Å². The third-order valence-corrected chi connectivity index (χ3v) is 4.90. The molecule has 1 aliphatic rings. The molecule has 0 saturated heterocycles. The van der Waals surface area contributed by atoms with Gasteiger partial charge < -0.3 is 19.5 Å². The predicted octanol–water partition coefficient (Wildman–Crippen LogP) is 4.04. The highest BCUT2D eigenvalue weighted by Crippen LogP contribution is 2.41. The molecular formula is C21H22ClNO5. The number of hydrogen-bond acceptors (Lipinski definition) is 5. The first kappa shape index (κ1) is 20.2. The highest BCUT2D eigenvalue weighted by molar-refractivity contribution is 6.33. The molecule has 28 heavy (non-hydrogen) atoms. The Balaban J connectivity index is 2.08. The molecule has 6 nitrogen and oxygen atoms in total. The van der Waals surface area contributed by atoms with E-state index in [4.69, 9.17) is 25.8 Å². The first-order chi connectivity index (χ1) is 13.4. The number of nitrogens with one attached hydrogen (secondary N) is 1. The second-order valence-corrected chi connectivity index (χ2v) is 6.84. The van der Waals surface area contributed by atoms with Crippen molar-refractivity contribution in [2.45, 2.75) is 32.5 Å². The Bertz CT molecular complexity index is 898. The van der Waals surface area contributed by atoms with Crippen LogP contribution in [0.5, 0.6) is 5.75 Å². The standard InChI is InChI=1S/C21H22ClNO5/c1-4-27-18(24)11-17-21(25)23-15-9-8-12(2)10-14(15)20(28-17)13-6-5-7-16(26-3)19(13)22/h5-10,17,20H,4,11H2,1-3H3,(H,23,25)/t17-,20-/m1/s1. The van der Waals surface area contributed by atoms with Crippen LogP contribution in [-0.2, 0) is 19.1 Å². The average Bonchev–Trinajstić information content (AvgIpc) is 2.79. The van der Waals surface area contributed by atoms with Crippen LogP contribution >= 0.6 is 11.6 Å². The fourth-order valence-corrected chi connectivity index (χ4v) is 3.47. The van der Waals surface area contributed by atoms with Crippen LogP contribution in [0.15, 0.2) is 36.4 Å². The summed E-state index contributed by atoms with van der Waals surface area (Å²) in [4.78, 5) is 24.7. The Kier molecular flexibility index (Phi) is 6.21. The van der Waals surface area contributed by atoms with E-state index in [-0.39, 0.29) is 13.0 Å². The zero-order valence-corrected chi connectivity index (χ0v) is 16.7. The van der Waals surface area contributed by atoms with E-state index in [9.17, 15) is 9.59 Å². The summed E-state index contributed by atoms with van der Waals surface area (Å²) in [5.74, 6) is -0.401. The average molecular weight is 404 g/mol. The largest absolute Gasteiger partial charge is 0.495 e. The summed E-state index contributed by atoms with van der Waals surface area (Å²) in [6.45, 7) is 3.90. The number of rotatable bonds is 5. The van der Waals surface area contributed by atoms with Gasteiger partial charge in [-0.05, 0) is 26.0 Å². The molecule has 0 aliphatic carbocycles. The normalized spacial score (nSPS) is 18.6. The zero-order chi connectivity index (χ0) is 20.3. The summed E-state index contributed by atoms with van der Waals surface area (Å²) in [5.41, 5.74) is 3.03. The van der Waals surface area contributed by atoms with Crippen molar-refractivity contribution < 1.29 is 23.8 Å². The Morgan fingerprint density at radius 1 is 1.25 bits per heavy atom. The summed E-state index contributed by atoms with van der Waals surface area (Å²) >= 11 is 6.54. The van der Waals surface area contributed by atoms with Crippen LogP contribution < -0.4 is 10.1 Å². The fraction of sp³-hybridized carbons (Fsp3) is 0.333. The van der Waals surface area contributed by atoms with Crippen LogP contribution in [0.3, 0.4) is 0 Å². The van der Waals surface area contributed by atoms with Gasteiger partial charge in [0.1, 0.15) is 18.0 Å². The first-order valence-electron chi connectivity index (χ1n) is 8.99. The molecular weight excluding hydrogens is 382 g/mol. The van der Waals surface area contributed by atoms with Gasteiger partial charge in [-0.2, -0.15) is 0 Å². The van der Waals surface area contributed by atoms with E-state index in [0.29, 0.717) is 22.0 Å². The monoisotopic (exact) mass is 403 g/mol. The third kappa shape index (κ3) is 4.13. The highest BCUT2D eigenvalue weighted by atomic mass is 35.5. The molecule has 2 aromatic rings.